The fraction of sp³-hybridized carbons (Fsp3) is 0.370. The predicted octanol–water partition coefficient (Wildman–Crippen LogP) is 6.43. The van der Waals surface area contributed by atoms with Gasteiger partial charge in [-0.2, -0.15) is 5.10 Å². The molecule has 3 aromatic rings. The maximum Gasteiger partial charge on any atom is 0.318 e. The van der Waals surface area contributed by atoms with Gasteiger partial charge in [-0.15, -0.1) is 0 Å². The smallest absolute Gasteiger partial charge is 0.318 e. The molecule has 0 atom stereocenters. The van der Waals surface area contributed by atoms with E-state index in [1.54, 1.807) is 22.9 Å². The standard InChI is InChI=1S/C27H33Cl2N5O2/c1-26(2,3)22-15-23(34(32-22)19-12-13-20(28)21(29)14-19)30-24(35)17-33(25(36)31-27(4,5)6)16-18-10-8-7-9-11-18/h7-15H,16-17H2,1-6H3,(H,30,35)(H,31,36). The minimum absolute atomic E-state index is 0.145. The topological polar surface area (TPSA) is 79.3 Å². The van der Waals surface area contributed by atoms with Crippen molar-refractivity contribution in [3.63, 3.8) is 0 Å². The van der Waals surface area contributed by atoms with Crippen LogP contribution in [0.25, 0.3) is 5.69 Å². The number of aromatic nitrogens is 2. The minimum atomic E-state index is -0.448. The second kappa shape index (κ2) is 10.9. The molecular weight excluding hydrogens is 497 g/mol. The van der Waals surface area contributed by atoms with E-state index in [1.165, 1.54) is 4.90 Å². The highest BCUT2D eigenvalue weighted by molar-refractivity contribution is 6.42. The normalized spacial score (nSPS) is 11.8. The number of hydrogen-bond acceptors (Lipinski definition) is 3. The van der Waals surface area contributed by atoms with Gasteiger partial charge >= 0.3 is 6.03 Å². The summed E-state index contributed by atoms with van der Waals surface area (Å²) in [5.41, 5.74) is 1.66. The number of benzene rings is 2. The summed E-state index contributed by atoms with van der Waals surface area (Å²) < 4.78 is 1.62. The number of carbonyl (C=O) groups is 2. The van der Waals surface area contributed by atoms with Crippen molar-refractivity contribution in [2.45, 2.75) is 59.0 Å². The number of halogens is 2. The second-order valence-electron chi connectivity index (χ2n) is 10.7. The van der Waals surface area contributed by atoms with E-state index in [-0.39, 0.29) is 30.4 Å². The summed E-state index contributed by atoms with van der Waals surface area (Å²) in [6.45, 7) is 12.0. The van der Waals surface area contributed by atoms with E-state index in [0.717, 1.165) is 11.3 Å². The monoisotopic (exact) mass is 529 g/mol. The molecule has 0 aliphatic heterocycles. The maximum absolute atomic E-state index is 13.2. The van der Waals surface area contributed by atoms with Crippen molar-refractivity contribution in [3.8, 4) is 5.69 Å². The van der Waals surface area contributed by atoms with E-state index >= 15 is 0 Å². The highest BCUT2D eigenvalue weighted by Gasteiger charge is 2.25. The van der Waals surface area contributed by atoms with E-state index in [9.17, 15) is 9.59 Å². The number of nitrogens with zero attached hydrogens (tertiary/aromatic N) is 3. The molecule has 3 amide bonds. The lowest BCUT2D eigenvalue weighted by molar-refractivity contribution is -0.116. The van der Waals surface area contributed by atoms with E-state index in [0.29, 0.717) is 21.6 Å². The molecule has 0 aliphatic rings. The zero-order valence-corrected chi connectivity index (χ0v) is 23.0. The van der Waals surface area contributed by atoms with E-state index in [4.69, 9.17) is 28.3 Å². The lowest BCUT2D eigenvalue weighted by atomic mass is 9.92. The Morgan fingerprint density at radius 2 is 1.61 bits per heavy atom. The third-order valence-electron chi connectivity index (χ3n) is 5.21. The molecule has 192 valence electrons. The lowest BCUT2D eigenvalue weighted by Gasteiger charge is -2.28. The van der Waals surface area contributed by atoms with Crippen LogP contribution in [0.15, 0.2) is 54.6 Å². The van der Waals surface area contributed by atoms with E-state index in [1.807, 2.05) is 77.9 Å². The van der Waals surface area contributed by atoms with Gasteiger partial charge in [0.2, 0.25) is 5.91 Å². The lowest BCUT2D eigenvalue weighted by Crippen LogP contribution is -2.50. The van der Waals surface area contributed by atoms with Gasteiger partial charge in [-0.05, 0) is 44.5 Å². The number of amides is 3. The number of urea groups is 1. The van der Waals surface area contributed by atoms with Crippen LogP contribution in [0.3, 0.4) is 0 Å². The zero-order valence-electron chi connectivity index (χ0n) is 21.5. The Kier molecular flexibility index (Phi) is 8.37. The van der Waals surface area contributed by atoms with Crippen LogP contribution in [0.2, 0.25) is 10.0 Å². The first-order valence-corrected chi connectivity index (χ1v) is 12.5. The fourth-order valence-corrected chi connectivity index (χ4v) is 3.70. The third kappa shape index (κ3) is 7.48. The van der Waals surface area contributed by atoms with Gasteiger partial charge < -0.3 is 15.5 Å². The molecule has 0 fully saturated rings. The van der Waals surface area contributed by atoms with Crippen molar-refractivity contribution in [2.75, 3.05) is 11.9 Å². The number of rotatable bonds is 6. The summed E-state index contributed by atoms with van der Waals surface area (Å²) in [5.74, 6) is 0.121. The largest absolute Gasteiger partial charge is 0.333 e. The summed E-state index contributed by atoms with van der Waals surface area (Å²) in [4.78, 5) is 27.7. The van der Waals surface area contributed by atoms with Gasteiger partial charge in [0.1, 0.15) is 12.4 Å². The highest BCUT2D eigenvalue weighted by atomic mass is 35.5. The first kappa shape index (κ1) is 27.6. The Balaban J connectivity index is 1.89. The average Bonchev–Trinajstić information content (AvgIpc) is 3.19. The molecule has 2 N–H and O–H groups in total. The Morgan fingerprint density at radius 1 is 0.944 bits per heavy atom. The van der Waals surface area contributed by atoms with Gasteiger partial charge in [-0.3, -0.25) is 4.79 Å². The van der Waals surface area contributed by atoms with Crippen molar-refractivity contribution >= 4 is 41.0 Å². The van der Waals surface area contributed by atoms with Gasteiger partial charge in [0, 0.05) is 23.6 Å². The van der Waals surface area contributed by atoms with Gasteiger partial charge in [0.25, 0.3) is 0 Å². The molecule has 0 spiro atoms. The predicted molar refractivity (Wildman–Crippen MR) is 146 cm³/mol. The molecule has 2 aromatic carbocycles. The first-order chi connectivity index (χ1) is 16.7. The van der Waals surface area contributed by atoms with Crippen LogP contribution < -0.4 is 10.6 Å². The second-order valence-corrected chi connectivity index (χ2v) is 11.6. The molecule has 0 saturated carbocycles. The fourth-order valence-electron chi connectivity index (χ4n) is 3.41. The molecule has 0 saturated heterocycles. The van der Waals surface area contributed by atoms with Crippen LogP contribution in [0.1, 0.15) is 52.8 Å². The minimum Gasteiger partial charge on any atom is -0.333 e. The first-order valence-electron chi connectivity index (χ1n) is 11.7. The summed E-state index contributed by atoms with van der Waals surface area (Å²) in [7, 11) is 0. The van der Waals surface area contributed by atoms with Crippen LogP contribution in [0.4, 0.5) is 10.6 Å². The molecule has 0 unspecified atom stereocenters. The molecule has 36 heavy (non-hydrogen) atoms. The molecule has 0 bridgehead atoms. The zero-order chi connectivity index (χ0) is 26.7. The van der Waals surface area contributed by atoms with Gasteiger partial charge in [0.05, 0.1) is 21.4 Å². The van der Waals surface area contributed by atoms with Crippen molar-refractivity contribution in [2.24, 2.45) is 0 Å². The number of nitrogens with one attached hydrogen (secondary N) is 2. The van der Waals surface area contributed by atoms with Crippen LogP contribution >= 0.6 is 23.2 Å². The Labute approximate surface area is 222 Å². The van der Waals surface area contributed by atoms with Gasteiger partial charge in [-0.1, -0.05) is 74.3 Å². The quantitative estimate of drug-likeness (QED) is 0.386. The molecule has 9 heteroatoms. The third-order valence-corrected chi connectivity index (χ3v) is 5.95. The van der Waals surface area contributed by atoms with Crippen LogP contribution in [0.5, 0.6) is 0 Å². The van der Waals surface area contributed by atoms with Crippen molar-refractivity contribution in [3.05, 3.63) is 75.9 Å². The SMILES string of the molecule is CC(C)(C)NC(=O)N(CC(=O)Nc1cc(C(C)(C)C)nn1-c1ccc(Cl)c(Cl)c1)Cc1ccccc1. The van der Waals surface area contributed by atoms with E-state index < -0.39 is 5.54 Å². The Morgan fingerprint density at radius 3 is 2.19 bits per heavy atom. The van der Waals surface area contributed by atoms with Crippen molar-refractivity contribution in [1.29, 1.82) is 0 Å². The van der Waals surface area contributed by atoms with Crippen LogP contribution in [-0.4, -0.2) is 38.7 Å². The molecule has 1 heterocycles. The molecule has 0 aliphatic carbocycles. The summed E-state index contributed by atoms with van der Waals surface area (Å²) >= 11 is 12.3. The molecule has 0 radical (unpaired) electrons. The number of carbonyl (C=O) groups excluding carboxylic acids is 2. The van der Waals surface area contributed by atoms with Gasteiger partial charge in [0.15, 0.2) is 0 Å². The van der Waals surface area contributed by atoms with Crippen LogP contribution in [0, 0.1) is 0 Å². The van der Waals surface area contributed by atoms with Crippen LogP contribution in [-0.2, 0) is 16.8 Å². The highest BCUT2D eigenvalue weighted by Crippen LogP contribution is 2.29. The molecular formula is C27H33Cl2N5O2. The van der Waals surface area contributed by atoms with Crippen molar-refractivity contribution < 1.29 is 9.59 Å². The molecule has 7 nitrogen and oxygen atoms in total. The molecule has 3 rings (SSSR count). The average molecular weight is 531 g/mol. The summed E-state index contributed by atoms with van der Waals surface area (Å²) in [6, 6.07) is 16.2. The van der Waals surface area contributed by atoms with Gasteiger partial charge in [-0.25, -0.2) is 9.48 Å². The maximum atomic E-state index is 13.2. The number of anilines is 1. The van der Waals surface area contributed by atoms with E-state index in [2.05, 4.69) is 10.6 Å². The van der Waals surface area contributed by atoms with Crippen molar-refractivity contribution in [1.82, 2.24) is 20.0 Å². The Bertz CT molecular complexity index is 1230. The number of hydrogen-bond donors (Lipinski definition) is 2. The Hall–Kier alpha value is -3.03. The molecule has 1 aromatic heterocycles. The summed E-state index contributed by atoms with van der Waals surface area (Å²) in [6.07, 6.45) is 0. The summed E-state index contributed by atoms with van der Waals surface area (Å²) in [5, 5.41) is 11.4.